The third-order valence-electron chi connectivity index (χ3n) is 5.71. The molecule has 0 unspecified atom stereocenters. The Morgan fingerprint density at radius 1 is 1.12 bits per heavy atom. The Morgan fingerprint density at radius 2 is 1.88 bits per heavy atom. The van der Waals surface area contributed by atoms with Gasteiger partial charge in [-0.2, -0.15) is 4.98 Å². The summed E-state index contributed by atoms with van der Waals surface area (Å²) < 4.78 is 35.5. The van der Waals surface area contributed by atoms with Gasteiger partial charge in [0.15, 0.2) is 9.84 Å². The van der Waals surface area contributed by atoms with Crippen LogP contribution in [0.2, 0.25) is 0 Å². The van der Waals surface area contributed by atoms with E-state index >= 15 is 0 Å². The highest BCUT2D eigenvalue weighted by Gasteiger charge is 2.17. The monoisotopic (exact) mass is 483 g/mol. The number of hydrogen-bond donors (Lipinski definition) is 1. The van der Waals surface area contributed by atoms with Gasteiger partial charge in [0.25, 0.3) is 0 Å². The van der Waals surface area contributed by atoms with Gasteiger partial charge in [-0.3, -0.25) is 0 Å². The van der Waals surface area contributed by atoms with Crippen molar-refractivity contribution >= 4 is 38.7 Å². The smallest absolute Gasteiger partial charge is 0.229 e. The van der Waals surface area contributed by atoms with Crippen LogP contribution in [0.25, 0.3) is 0 Å². The second-order valence-electron chi connectivity index (χ2n) is 8.16. The summed E-state index contributed by atoms with van der Waals surface area (Å²) in [6.45, 7) is 4.63. The Hall–Kier alpha value is -3.37. The van der Waals surface area contributed by atoms with Crippen molar-refractivity contribution in [2.45, 2.75) is 11.8 Å². The van der Waals surface area contributed by atoms with E-state index in [-0.39, 0.29) is 4.90 Å². The third-order valence-corrected chi connectivity index (χ3v) is 6.81. The van der Waals surface area contributed by atoms with E-state index in [0.717, 1.165) is 22.7 Å². The largest absolute Gasteiger partial charge is 0.497 e. The molecular formula is C24H29N5O4S. The van der Waals surface area contributed by atoms with Crippen molar-refractivity contribution in [1.29, 1.82) is 0 Å². The highest BCUT2D eigenvalue weighted by atomic mass is 32.2. The molecule has 2 heterocycles. The number of ether oxygens (including phenoxy) is 2. The van der Waals surface area contributed by atoms with Gasteiger partial charge in [0.1, 0.15) is 11.6 Å². The normalized spacial score (nSPS) is 14.1. The van der Waals surface area contributed by atoms with Crippen LogP contribution >= 0.6 is 0 Å². The van der Waals surface area contributed by atoms with Crippen molar-refractivity contribution in [2.24, 2.45) is 0 Å². The molecule has 180 valence electrons. The van der Waals surface area contributed by atoms with E-state index in [1.165, 1.54) is 6.26 Å². The number of sulfone groups is 1. The SMILES string of the molecule is COc1ccc(C)c(N(C)c2ccnc(Nc3cc(N4CCOCC4)cc(S(C)(=O)=O)c3)n2)c1. The number of nitrogens with zero attached hydrogens (tertiary/aromatic N) is 4. The number of benzene rings is 2. The van der Waals surface area contributed by atoms with Crippen molar-refractivity contribution in [2.75, 3.05) is 61.8 Å². The van der Waals surface area contributed by atoms with Crippen LogP contribution in [0, 0.1) is 6.92 Å². The molecule has 1 fully saturated rings. The fourth-order valence-electron chi connectivity index (χ4n) is 3.80. The van der Waals surface area contributed by atoms with Gasteiger partial charge in [0.05, 0.1) is 25.2 Å². The summed E-state index contributed by atoms with van der Waals surface area (Å²) in [6.07, 6.45) is 2.87. The Bertz CT molecular complexity index is 1280. The van der Waals surface area contributed by atoms with Gasteiger partial charge in [0.2, 0.25) is 5.95 Å². The molecule has 9 nitrogen and oxygen atoms in total. The minimum atomic E-state index is -3.41. The van der Waals surface area contributed by atoms with Crippen LogP contribution in [-0.4, -0.2) is 65.1 Å². The zero-order valence-electron chi connectivity index (χ0n) is 19.8. The number of aromatic nitrogens is 2. The summed E-state index contributed by atoms with van der Waals surface area (Å²) in [5, 5.41) is 3.18. The summed E-state index contributed by atoms with van der Waals surface area (Å²) in [7, 11) is 0.155. The van der Waals surface area contributed by atoms with Gasteiger partial charge in [-0.15, -0.1) is 0 Å². The molecular weight excluding hydrogens is 454 g/mol. The molecule has 0 spiro atoms. The van der Waals surface area contributed by atoms with Crippen molar-refractivity contribution in [3.8, 4) is 5.75 Å². The van der Waals surface area contributed by atoms with Gasteiger partial charge in [-0.05, 0) is 42.8 Å². The van der Waals surface area contributed by atoms with Crippen molar-refractivity contribution < 1.29 is 17.9 Å². The number of rotatable bonds is 7. The molecule has 0 amide bonds. The second kappa shape index (κ2) is 9.86. The zero-order valence-corrected chi connectivity index (χ0v) is 20.6. The maximum absolute atomic E-state index is 12.3. The van der Waals surface area contributed by atoms with Crippen LogP contribution in [0.4, 0.5) is 28.8 Å². The molecule has 1 aliphatic heterocycles. The van der Waals surface area contributed by atoms with Crippen molar-refractivity contribution in [3.05, 3.63) is 54.2 Å². The first kappa shape index (κ1) is 23.8. The average Bonchev–Trinajstić information content (AvgIpc) is 2.84. The number of hydrogen-bond acceptors (Lipinski definition) is 9. The Labute approximate surface area is 200 Å². The van der Waals surface area contributed by atoms with Gasteiger partial charge in [-0.1, -0.05) is 6.07 Å². The third kappa shape index (κ3) is 5.40. The molecule has 0 saturated carbocycles. The number of morpholine rings is 1. The lowest BCUT2D eigenvalue weighted by Crippen LogP contribution is -2.36. The van der Waals surface area contributed by atoms with Gasteiger partial charge >= 0.3 is 0 Å². The Kier molecular flexibility index (Phi) is 6.90. The molecule has 34 heavy (non-hydrogen) atoms. The first-order valence-corrected chi connectivity index (χ1v) is 12.8. The Balaban J connectivity index is 1.65. The molecule has 1 N–H and O–H groups in total. The summed E-state index contributed by atoms with van der Waals surface area (Å²) >= 11 is 0. The first-order chi connectivity index (χ1) is 16.2. The number of nitrogens with one attached hydrogen (secondary N) is 1. The van der Waals surface area contributed by atoms with Crippen molar-refractivity contribution in [1.82, 2.24) is 9.97 Å². The maximum Gasteiger partial charge on any atom is 0.229 e. The molecule has 2 aromatic carbocycles. The van der Waals surface area contributed by atoms with Crippen LogP contribution < -0.4 is 19.9 Å². The fraction of sp³-hybridized carbons (Fsp3) is 0.333. The van der Waals surface area contributed by atoms with E-state index in [0.29, 0.717) is 43.8 Å². The van der Waals surface area contributed by atoms with E-state index in [1.54, 1.807) is 25.4 Å². The standard InChI is InChI=1S/C24H29N5O4S/c1-17-5-6-20(32-3)16-22(17)28(2)23-7-8-25-24(27-23)26-18-13-19(29-9-11-33-12-10-29)15-21(14-18)34(4,30)31/h5-8,13-16H,9-12H2,1-4H3,(H,25,26,27). The summed E-state index contributed by atoms with van der Waals surface area (Å²) in [6, 6.07) is 12.9. The van der Waals surface area contributed by atoms with Gasteiger partial charge < -0.3 is 24.6 Å². The first-order valence-electron chi connectivity index (χ1n) is 10.9. The minimum absolute atomic E-state index is 0.235. The lowest BCUT2D eigenvalue weighted by Gasteiger charge is -2.29. The lowest BCUT2D eigenvalue weighted by molar-refractivity contribution is 0.122. The maximum atomic E-state index is 12.3. The molecule has 0 bridgehead atoms. The highest BCUT2D eigenvalue weighted by Crippen LogP contribution is 2.31. The predicted molar refractivity (Wildman–Crippen MR) is 134 cm³/mol. The lowest BCUT2D eigenvalue weighted by atomic mass is 10.1. The van der Waals surface area contributed by atoms with Crippen LogP contribution in [0.1, 0.15) is 5.56 Å². The van der Waals surface area contributed by atoms with E-state index in [9.17, 15) is 8.42 Å². The summed E-state index contributed by atoms with van der Waals surface area (Å²) in [5.41, 5.74) is 3.45. The van der Waals surface area contributed by atoms with E-state index < -0.39 is 9.84 Å². The minimum Gasteiger partial charge on any atom is -0.497 e. The number of aryl methyl sites for hydroxylation is 1. The fourth-order valence-corrected chi connectivity index (χ4v) is 4.48. The van der Waals surface area contributed by atoms with Gasteiger partial charge in [-0.25, -0.2) is 13.4 Å². The molecule has 3 aromatic rings. The number of anilines is 5. The van der Waals surface area contributed by atoms with E-state index in [2.05, 4.69) is 20.2 Å². The van der Waals surface area contributed by atoms with Crippen LogP contribution in [0.5, 0.6) is 5.75 Å². The highest BCUT2D eigenvalue weighted by molar-refractivity contribution is 7.90. The summed E-state index contributed by atoms with van der Waals surface area (Å²) in [4.78, 5) is 13.3. The molecule has 1 saturated heterocycles. The molecule has 0 radical (unpaired) electrons. The topological polar surface area (TPSA) is 96.9 Å². The van der Waals surface area contributed by atoms with Crippen molar-refractivity contribution in [3.63, 3.8) is 0 Å². The van der Waals surface area contributed by atoms with E-state index in [4.69, 9.17) is 9.47 Å². The predicted octanol–water partition coefficient (Wildman–Crippen LogP) is 3.55. The van der Waals surface area contributed by atoms with Crippen LogP contribution in [0.3, 0.4) is 0 Å². The zero-order chi connectivity index (χ0) is 24.3. The molecule has 4 rings (SSSR count). The second-order valence-corrected chi connectivity index (χ2v) is 10.2. The van der Waals surface area contributed by atoms with Gasteiger partial charge in [0, 0.05) is 55.7 Å². The van der Waals surface area contributed by atoms with E-state index in [1.807, 2.05) is 49.2 Å². The Morgan fingerprint density at radius 3 is 2.59 bits per heavy atom. The van der Waals surface area contributed by atoms with Crippen LogP contribution in [0.15, 0.2) is 53.6 Å². The average molecular weight is 484 g/mol. The molecule has 0 atom stereocenters. The quantitative estimate of drug-likeness (QED) is 0.541. The van der Waals surface area contributed by atoms with Crippen LogP contribution in [-0.2, 0) is 14.6 Å². The molecule has 1 aromatic heterocycles. The molecule has 0 aliphatic carbocycles. The summed E-state index contributed by atoms with van der Waals surface area (Å²) in [5.74, 6) is 1.80. The molecule has 1 aliphatic rings. The number of methoxy groups -OCH3 is 1. The molecule has 10 heteroatoms.